The summed E-state index contributed by atoms with van der Waals surface area (Å²) < 4.78 is 45.9. The fourth-order valence-electron chi connectivity index (χ4n) is 3.38. The molecule has 1 N–H and O–H groups in total. The second-order valence-corrected chi connectivity index (χ2v) is 6.53. The van der Waals surface area contributed by atoms with Crippen molar-refractivity contribution in [2.75, 3.05) is 50.8 Å². The van der Waals surface area contributed by atoms with E-state index in [1.54, 1.807) is 6.07 Å². The van der Waals surface area contributed by atoms with Gasteiger partial charge in [0.15, 0.2) is 0 Å². The molecule has 2 saturated heterocycles. The van der Waals surface area contributed by atoms with Crippen LogP contribution in [0.25, 0.3) is 0 Å². The number of halogens is 3. The van der Waals surface area contributed by atoms with E-state index < -0.39 is 11.7 Å². The molecule has 3 rings (SSSR count). The van der Waals surface area contributed by atoms with Crippen LogP contribution in [-0.2, 0) is 17.5 Å². The van der Waals surface area contributed by atoms with Gasteiger partial charge < -0.3 is 15.0 Å². The zero-order chi connectivity index (χ0) is 17.2. The molecule has 2 fully saturated rings. The van der Waals surface area contributed by atoms with Crippen molar-refractivity contribution in [1.82, 2.24) is 10.2 Å². The zero-order valence-corrected chi connectivity index (χ0v) is 13.9. The molecule has 2 aliphatic rings. The van der Waals surface area contributed by atoms with Crippen LogP contribution in [0, 0.1) is 0 Å². The number of anilines is 1. The van der Waals surface area contributed by atoms with Crippen LogP contribution in [0.5, 0.6) is 0 Å². The molecule has 24 heavy (non-hydrogen) atoms. The highest BCUT2D eigenvalue weighted by Gasteiger charge is 2.34. The summed E-state index contributed by atoms with van der Waals surface area (Å²) in [7, 11) is 0. The van der Waals surface area contributed by atoms with Crippen LogP contribution in [-0.4, -0.2) is 56.9 Å². The number of benzene rings is 1. The molecular formula is C17H24F3N3O. The third-order valence-corrected chi connectivity index (χ3v) is 4.62. The van der Waals surface area contributed by atoms with Gasteiger partial charge in [-0.25, -0.2) is 0 Å². The van der Waals surface area contributed by atoms with E-state index in [1.807, 2.05) is 11.0 Å². The Morgan fingerprint density at radius 2 is 1.96 bits per heavy atom. The summed E-state index contributed by atoms with van der Waals surface area (Å²) in [6.07, 6.45) is -4.34. The monoisotopic (exact) mass is 343 g/mol. The molecule has 0 aromatic heterocycles. The summed E-state index contributed by atoms with van der Waals surface area (Å²) in [5, 5.41) is 3.31. The normalized spacial score (nSPS) is 23.5. The van der Waals surface area contributed by atoms with Crippen LogP contribution in [0.3, 0.4) is 0 Å². The lowest BCUT2D eigenvalue weighted by molar-refractivity contribution is -0.138. The van der Waals surface area contributed by atoms with Crippen molar-refractivity contribution < 1.29 is 17.9 Å². The molecule has 0 amide bonds. The van der Waals surface area contributed by atoms with Crippen LogP contribution in [0.1, 0.15) is 18.1 Å². The molecule has 1 atom stereocenters. The standard InChI is InChI=1S/C17H24F3N3O/c1-13-11-22(5-4-21-13)12-14-2-3-15(10-16(14)17(18,19)20)23-6-8-24-9-7-23/h2-3,10,13,21H,4-9,11-12H2,1H3/t13-/m0/s1. The molecule has 0 spiro atoms. The minimum Gasteiger partial charge on any atom is -0.378 e. The average Bonchev–Trinajstić information content (AvgIpc) is 2.55. The molecule has 2 aliphatic heterocycles. The van der Waals surface area contributed by atoms with Gasteiger partial charge in [-0.15, -0.1) is 0 Å². The second-order valence-electron chi connectivity index (χ2n) is 6.53. The number of hydrogen-bond donors (Lipinski definition) is 1. The number of nitrogens with one attached hydrogen (secondary N) is 1. The maximum atomic E-state index is 13.6. The van der Waals surface area contributed by atoms with Crippen molar-refractivity contribution >= 4 is 5.69 Å². The third kappa shape index (κ3) is 4.20. The summed E-state index contributed by atoms with van der Waals surface area (Å²) >= 11 is 0. The third-order valence-electron chi connectivity index (χ3n) is 4.62. The Labute approximate surface area is 140 Å². The first-order valence-corrected chi connectivity index (χ1v) is 8.42. The first kappa shape index (κ1) is 17.5. The Hall–Kier alpha value is -1.31. The van der Waals surface area contributed by atoms with E-state index >= 15 is 0 Å². The molecule has 0 unspecified atom stereocenters. The summed E-state index contributed by atoms with van der Waals surface area (Å²) in [6.45, 7) is 7.12. The lowest BCUT2D eigenvalue weighted by atomic mass is 10.0. The van der Waals surface area contributed by atoms with Crippen molar-refractivity contribution in [3.05, 3.63) is 29.3 Å². The summed E-state index contributed by atoms with van der Waals surface area (Å²) in [4.78, 5) is 4.04. The van der Waals surface area contributed by atoms with Gasteiger partial charge >= 0.3 is 6.18 Å². The molecule has 0 bridgehead atoms. The maximum absolute atomic E-state index is 13.6. The minimum absolute atomic E-state index is 0.306. The predicted octanol–water partition coefficient (Wildman–Crippen LogP) is 2.34. The first-order valence-electron chi connectivity index (χ1n) is 8.42. The quantitative estimate of drug-likeness (QED) is 0.912. The molecular weight excluding hydrogens is 319 g/mol. The SMILES string of the molecule is C[C@H]1CN(Cc2ccc(N3CCOCC3)cc2C(F)(F)F)CCN1. The van der Waals surface area contributed by atoms with E-state index in [4.69, 9.17) is 4.74 Å². The largest absolute Gasteiger partial charge is 0.416 e. The molecule has 134 valence electrons. The lowest BCUT2D eigenvalue weighted by Crippen LogP contribution is -2.48. The van der Waals surface area contributed by atoms with Gasteiger partial charge in [-0.1, -0.05) is 6.07 Å². The first-order chi connectivity index (χ1) is 11.4. The van der Waals surface area contributed by atoms with Gasteiger partial charge in [0.25, 0.3) is 0 Å². The number of hydrogen-bond acceptors (Lipinski definition) is 4. The van der Waals surface area contributed by atoms with Crippen LogP contribution in [0.15, 0.2) is 18.2 Å². The number of nitrogens with zero attached hydrogens (tertiary/aromatic N) is 2. The smallest absolute Gasteiger partial charge is 0.378 e. The fraction of sp³-hybridized carbons (Fsp3) is 0.647. The van der Waals surface area contributed by atoms with E-state index in [2.05, 4.69) is 17.1 Å². The number of ether oxygens (including phenoxy) is 1. The van der Waals surface area contributed by atoms with Crippen molar-refractivity contribution in [1.29, 1.82) is 0 Å². The summed E-state index contributed by atoms with van der Waals surface area (Å²) in [5.74, 6) is 0. The second kappa shape index (κ2) is 7.29. The number of rotatable bonds is 3. The topological polar surface area (TPSA) is 27.7 Å². The van der Waals surface area contributed by atoms with Crippen molar-refractivity contribution in [3.8, 4) is 0 Å². The Morgan fingerprint density at radius 1 is 1.21 bits per heavy atom. The van der Waals surface area contributed by atoms with E-state index in [1.165, 1.54) is 6.07 Å². The molecule has 4 nitrogen and oxygen atoms in total. The van der Waals surface area contributed by atoms with E-state index in [0.29, 0.717) is 50.1 Å². The van der Waals surface area contributed by atoms with Crippen LogP contribution in [0.2, 0.25) is 0 Å². The summed E-state index contributed by atoms with van der Waals surface area (Å²) in [5.41, 5.74) is 0.467. The average molecular weight is 343 g/mol. The highest BCUT2D eigenvalue weighted by molar-refractivity contribution is 5.52. The fourth-order valence-corrected chi connectivity index (χ4v) is 3.38. The Balaban J connectivity index is 1.82. The molecule has 0 saturated carbocycles. The Morgan fingerprint density at radius 3 is 2.62 bits per heavy atom. The van der Waals surface area contributed by atoms with Gasteiger partial charge in [-0.2, -0.15) is 13.2 Å². The Kier molecular flexibility index (Phi) is 5.32. The molecule has 0 aliphatic carbocycles. The maximum Gasteiger partial charge on any atom is 0.416 e. The number of alkyl halides is 3. The minimum atomic E-state index is -4.34. The van der Waals surface area contributed by atoms with Crippen LogP contribution in [0.4, 0.5) is 18.9 Å². The van der Waals surface area contributed by atoms with E-state index in [-0.39, 0.29) is 0 Å². The molecule has 1 aromatic rings. The van der Waals surface area contributed by atoms with Gasteiger partial charge in [-0.05, 0) is 24.6 Å². The predicted molar refractivity (Wildman–Crippen MR) is 87.2 cm³/mol. The molecule has 1 aromatic carbocycles. The molecule has 0 radical (unpaired) electrons. The zero-order valence-electron chi connectivity index (χ0n) is 13.9. The number of morpholine rings is 1. The van der Waals surface area contributed by atoms with Crippen molar-refractivity contribution in [2.24, 2.45) is 0 Å². The highest BCUT2D eigenvalue weighted by atomic mass is 19.4. The molecule has 2 heterocycles. The van der Waals surface area contributed by atoms with Gasteiger partial charge in [0, 0.05) is 51.0 Å². The van der Waals surface area contributed by atoms with Crippen molar-refractivity contribution in [2.45, 2.75) is 25.7 Å². The number of piperazine rings is 1. The van der Waals surface area contributed by atoms with Crippen LogP contribution >= 0.6 is 0 Å². The van der Waals surface area contributed by atoms with Gasteiger partial charge in [0.2, 0.25) is 0 Å². The van der Waals surface area contributed by atoms with E-state index in [0.717, 1.165) is 19.6 Å². The van der Waals surface area contributed by atoms with Gasteiger partial charge in [-0.3, -0.25) is 4.90 Å². The van der Waals surface area contributed by atoms with Gasteiger partial charge in [0.1, 0.15) is 0 Å². The lowest BCUT2D eigenvalue weighted by Gasteiger charge is -2.33. The Bertz CT molecular complexity index is 559. The van der Waals surface area contributed by atoms with Gasteiger partial charge in [0.05, 0.1) is 18.8 Å². The molecule has 7 heteroatoms. The van der Waals surface area contributed by atoms with E-state index in [9.17, 15) is 13.2 Å². The highest BCUT2D eigenvalue weighted by Crippen LogP contribution is 2.35. The van der Waals surface area contributed by atoms with Crippen LogP contribution < -0.4 is 10.2 Å². The van der Waals surface area contributed by atoms with Crippen molar-refractivity contribution in [3.63, 3.8) is 0 Å². The summed E-state index contributed by atoms with van der Waals surface area (Å²) in [6, 6.07) is 5.05.